The third-order valence-electron chi connectivity index (χ3n) is 4.11. The minimum Gasteiger partial charge on any atom is -0.493 e. The Kier molecular flexibility index (Phi) is 8.64. The van der Waals surface area contributed by atoms with Crippen LogP contribution in [0.1, 0.15) is 23.1 Å². The number of rotatable bonds is 10. The summed E-state index contributed by atoms with van der Waals surface area (Å²) in [4.78, 5) is 4.29. The first-order valence-electron chi connectivity index (χ1n) is 9.25. The number of methoxy groups -OCH3 is 1. The van der Waals surface area contributed by atoms with Crippen molar-refractivity contribution in [2.45, 2.75) is 26.3 Å². The maximum absolute atomic E-state index is 5.94. The number of nitrogens with one attached hydrogen (secondary N) is 2. The van der Waals surface area contributed by atoms with E-state index < -0.39 is 0 Å². The Labute approximate surface area is 161 Å². The molecule has 1 aromatic carbocycles. The molecule has 1 heterocycles. The van der Waals surface area contributed by atoms with Gasteiger partial charge in [-0.2, -0.15) is 5.10 Å². The molecule has 0 saturated carbocycles. The number of ether oxygens (including phenoxy) is 2. The molecule has 2 aromatic rings. The second-order valence-electron chi connectivity index (χ2n) is 6.43. The topological polar surface area (TPSA) is 72.7 Å². The quantitative estimate of drug-likeness (QED) is 0.379. The third-order valence-corrected chi connectivity index (χ3v) is 4.11. The second-order valence-corrected chi connectivity index (χ2v) is 6.43. The van der Waals surface area contributed by atoms with Gasteiger partial charge in [0.1, 0.15) is 5.75 Å². The molecular formula is C20H31N5O2. The SMILES string of the molecule is CN=C(NCCc1cnn(C)c1)NCc1ccc(C)cc1OCCCOC. The van der Waals surface area contributed by atoms with Crippen LogP contribution in [0, 0.1) is 6.92 Å². The smallest absolute Gasteiger partial charge is 0.191 e. The summed E-state index contributed by atoms with van der Waals surface area (Å²) < 4.78 is 12.8. The van der Waals surface area contributed by atoms with E-state index in [4.69, 9.17) is 9.47 Å². The standard InChI is InChI=1S/C20H31N5O2/c1-16-6-7-18(19(12-16)27-11-5-10-26-4)14-23-20(21-2)22-9-8-17-13-24-25(3)15-17/h6-7,12-13,15H,5,8-11,14H2,1-4H3,(H2,21,22,23). The van der Waals surface area contributed by atoms with Gasteiger partial charge in [0.05, 0.1) is 12.8 Å². The lowest BCUT2D eigenvalue weighted by atomic mass is 10.1. The molecular weight excluding hydrogens is 342 g/mol. The van der Waals surface area contributed by atoms with Gasteiger partial charge in [-0.05, 0) is 30.5 Å². The van der Waals surface area contributed by atoms with Crippen LogP contribution in [0.3, 0.4) is 0 Å². The van der Waals surface area contributed by atoms with Crippen molar-refractivity contribution >= 4 is 5.96 Å². The second kappa shape index (κ2) is 11.2. The Balaban J connectivity index is 1.83. The van der Waals surface area contributed by atoms with Crippen molar-refractivity contribution in [3.8, 4) is 5.75 Å². The van der Waals surface area contributed by atoms with E-state index in [2.05, 4.69) is 45.8 Å². The number of nitrogens with zero attached hydrogens (tertiary/aromatic N) is 3. The Hall–Kier alpha value is -2.54. The number of aryl methyl sites for hydroxylation is 2. The molecule has 0 aliphatic carbocycles. The lowest BCUT2D eigenvalue weighted by Crippen LogP contribution is -2.37. The van der Waals surface area contributed by atoms with Gasteiger partial charge in [0.2, 0.25) is 0 Å². The lowest BCUT2D eigenvalue weighted by Gasteiger charge is -2.15. The van der Waals surface area contributed by atoms with Crippen LogP contribution in [0.5, 0.6) is 5.75 Å². The summed E-state index contributed by atoms with van der Waals surface area (Å²) in [5.74, 6) is 1.68. The first-order valence-corrected chi connectivity index (χ1v) is 9.25. The molecule has 0 aliphatic rings. The van der Waals surface area contributed by atoms with Crippen LogP contribution in [0.15, 0.2) is 35.6 Å². The monoisotopic (exact) mass is 373 g/mol. The maximum atomic E-state index is 5.94. The molecule has 2 N–H and O–H groups in total. The number of hydrogen-bond acceptors (Lipinski definition) is 4. The van der Waals surface area contributed by atoms with Crippen molar-refractivity contribution < 1.29 is 9.47 Å². The Morgan fingerprint density at radius 1 is 1.26 bits per heavy atom. The van der Waals surface area contributed by atoms with Crippen LogP contribution in [-0.4, -0.2) is 49.7 Å². The van der Waals surface area contributed by atoms with Crippen LogP contribution in [-0.2, 0) is 24.8 Å². The lowest BCUT2D eigenvalue weighted by molar-refractivity contribution is 0.172. The first kappa shape index (κ1) is 20.8. The minimum absolute atomic E-state index is 0.641. The highest BCUT2D eigenvalue weighted by molar-refractivity contribution is 5.79. The van der Waals surface area contributed by atoms with Gasteiger partial charge in [-0.25, -0.2) is 0 Å². The van der Waals surface area contributed by atoms with E-state index in [1.165, 1.54) is 11.1 Å². The van der Waals surface area contributed by atoms with Crippen LogP contribution in [0.4, 0.5) is 0 Å². The molecule has 0 unspecified atom stereocenters. The highest BCUT2D eigenvalue weighted by atomic mass is 16.5. The summed E-state index contributed by atoms with van der Waals surface area (Å²) >= 11 is 0. The summed E-state index contributed by atoms with van der Waals surface area (Å²) in [6.07, 6.45) is 5.68. The molecule has 0 bridgehead atoms. The average molecular weight is 374 g/mol. The predicted octanol–water partition coefficient (Wildman–Crippen LogP) is 2.05. The first-order chi connectivity index (χ1) is 13.1. The molecule has 0 saturated heterocycles. The van der Waals surface area contributed by atoms with Gasteiger partial charge in [0.15, 0.2) is 5.96 Å². The Morgan fingerprint density at radius 3 is 2.81 bits per heavy atom. The van der Waals surface area contributed by atoms with Gasteiger partial charge >= 0.3 is 0 Å². The zero-order chi connectivity index (χ0) is 19.5. The largest absolute Gasteiger partial charge is 0.493 e. The molecule has 148 valence electrons. The average Bonchev–Trinajstić information content (AvgIpc) is 3.08. The van der Waals surface area contributed by atoms with Gasteiger partial charge in [0.25, 0.3) is 0 Å². The number of guanidine groups is 1. The Morgan fingerprint density at radius 2 is 2.11 bits per heavy atom. The van der Waals surface area contributed by atoms with Crippen molar-refractivity contribution in [3.63, 3.8) is 0 Å². The third kappa shape index (κ3) is 7.30. The summed E-state index contributed by atoms with van der Waals surface area (Å²) in [6, 6.07) is 6.26. The van der Waals surface area contributed by atoms with Crippen molar-refractivity contribution in [1.82, 2.24) is 20.4 Å². The summed E-state index contributed by atoms with van der Waals surface area (Å²) in [7, 11) is 5.40. The van der Waals surface area contributed by atoms with Crippen molar-refractivity contribution in [3.05, 3.63) is 47.3 Å². The summed E-state index contributed by atoms with van der Waals surface area (Å²) in [5, 5.41) is 10.9. The number of aromatic nitrogens is 2. The molecule has 0 radical (unpaired) electrons. The minimum atomic E-state index is 0.641. The molecule has 1 aromatic heterocycles. The predicted molar refractivity (Wildman–Crippen MR) is 108 cm³/mol. The van der Waals surface area contributed by atoms with Crippen LogP contribution in [0.25, 0.3) is 0 Å². The van der Waals surface area contributed by atoms with Gasteiger partial charge in [-0.3, -0.25) is 9.67 Å². The van der Waals surface area contributed by atoms with Crippen molar-refractivity contribution in [2.24, 2.45) is 12.0 Å². The Bertz CT molecular complexity index is 727. The van der Waals surface area contributed by atoms with E-state index in [-0.39, 0.29) is 0 Å². The highest BCUT2D eigenvalue weighted by Gasteiger charge is 2.06. The fraction of sp³-hybridized carbons (Fsp3) is 0.500. The van der Waals surface area contributed by atoms with Gasteiger partial charge in [-0.15, -0.1) is 0 Å². The normalized spacial score (nSPS) is 11.5. The molecule has 7 heteroatoms. The molecule has 2 rings (SSSR count). The van der Waals surface area contributed by atoms with Crippen molar-refractivity contribution in [2.75, 3.05) is 33.9 Å². The molecule has 0 amide bonds. The number of hydrogen-bond donors (Lipinski definition) is 2. The van der Waals surface area contributed by atoms with Gasteiger partial charge in [0, 0.05) is 59.1 Å². The molecule has 7 nitrogen and oxygen atoms in total. The number of benzene rings is 1. The van der Waals surface area contributed by atoms with Crippen LogP contribution >= 0.6 is 0 Å². The zero-order valence-electron chi connectivity index (χ0n) is 16.8. The maximum Gasteiger partial charge on any atom is 0.191 e. The van der Waals surface area contributed by atoms with E-state index >= 15 is 0 Å². The fourth-order valence-corrected chi connectivity index (χ4v) is 2.65. The van der Waals surface area contributed by atoms with E-state index in [0.717, 1.165) is 36.7 Å². The molecule has 0 aliphatic heterocycles. The number of aliphatic imine (C=N–C) groups is 1. The molecule has 0 fully saturated rings. The zero-order valence-corrected chi connectivity index (χ0v) is 16.8. The highest BCUT2D eigenvalue weighted by Crippen LogP contribution is 2.20. The van der Waals surface area contributed by atoms with E-state index in [9.17, 15) is 0 Å². The van der Waals surface area contributed by atoms with Gasteiger partial charge < -0.3 is 20.1 Å². The summed E-state index contributed by atoms with van der Waals surface area (Å²) in [5.41, 5.74) is 3.48. The molecule has 27 heavy (non-hydrogen) atoms. The van der Waals surface area contributed by atoms with Gasteiger partial charge in [-0.1, -0.05) is 12.1 Å². The van der Waals surface area contributed by atoms with Crippen molar-refractivity contribution in [1.29, 1.82) is 0 Å². The van der Waals surface area contributed by atoms with E-state index in [0.29, 0.717) is 19.8 Å². The van der Waals surface area contributed by atoms with E-state index in [1.54, 1.807) is 14.2 Å². The molecule has 0 atom stereocenters. The molecule has 0 spiro atoms. The fourth-order valence-electron chi connectivity index (χ4n) is 2.65. The van der Waals surface area contributed by atoms with E-state index in [1.807, 2.05) is 24.1 Å². The van der Waals surface area contributed by atoms with Crippen LogP contribution in [0.2, 0.25) is 0 Å². The van der Waals surface area contributed by atoms with Crippen LogP contribution < -0.4 is 15.4 Å². The summed E-state index contributed by atoms with van der Waals surface area (Å²) in [6.45, 7) is 4.85.